The Bertz CT molecular complexity index is 1820. The molecular weight excluding hydrogens is 567 g/mol. The van der Waals surface area contributed by atoms with Crippen LogP contribution in [0.25, 0.3) is 33.8 Å². The van der Waals surface area contributed by atoms with Gasteiger partial charge in [-0.2, -0.15) is 18.3 Å². The maximum Gasteiger partial charge on any atom is 0.408 e. The summed E-state index contributed by atoms with van der Waals surface area (Å²) in [5.74, 6) is 0.593. The largest absolute Gasteiger partial charge is 0.408 e. The molecule has 0 bridgehead atoms. The van der Waals surface area contributed by atoms with Gasteiger partial charge in [-0.15, -0.1) is 0 Å². The highest BCUT2D eigenvalue weighted by Gasteiger charge is 2.29. The smallest absolute Gasteiger partial charge is 0.320 e. The minimum atomic E-state index is -4.37. The van der Waals surface area contributed by atoms with E-state index >= 15 is 0 Å². The van der Waals surface area contributed by atoms with E-state index in [4.69, 9.17) is 9.97 Å². The number of nitrogens with zero attached hydrogens (tertiary/aromatic N) is 6. The second kappa shape index (κ2) is 11.9. The minimum absolute atomic E-state index is 0.283. The number of rotatable bonds is 6. The first-order valence-corrected chi connectivity index (χ1v) is 14.3. The van der Waals surface area contributed by atoms with Crippen molar-refractivity contribution < 1.29 is 18.0 Å². The van der Waals surface area contributed by atoms with Crippen LogP contribution in [0.4, 0.5) is 23.7 Å². The van der Waals surface area contributed by atoms with E-state index in [1.54, 1.807) is 23.4 Å². The molecule has 224 valence electrons. The Morgan fingerprint density at radius 1 is 1.00 bits per heavy atom. The highest BCUT2D eigenvalue weighted by molar-refractivity contribution is 5.91. The van der Waals surface area contributed by atoms with Crippen LogP contribution in [0.15, 0.2) is 79.4 Å². The van der Waals surface area contributed by atoms with Crippen molar-refractivity contribution in [2.24, 2.45) is 0 Å². The summed E-state index contributed by atoms with van der Waals surface area (Å²) in [7, 11) is 0. The van der Waals surface area contributed by atoms with Crippen molar-refractivity contribution in [1.29, 1.82) is 0 Å². The lowest BCUT2D eigenvalue weighted by atomic mass is 9.96. The van der Waals surface area contributed by atoms with Crippen LogP contribution in [0, 0.1) is 6.92 Å². The molecular formula is C33H30F3N7O. The van der Waals surface area contributed by atoms with Gasteiger partial charge in [0.05, 0.1) is 24.1 Å². The number of carbonyl (C=O) groups is 1. The quantitative estimate of drug-likeness (QED) is 0.226. The van der Waals surface area contributed by atoms with E-state index in [0.29, 0.717) is 48.6 Å². The van der Waals surface area contributed by atoms with Crippen LogP contribution in [0.3, 0.4) is 0 Å². The molecule has 0 fully saturated rings. The topological polar surface area (TPSA) is 88.8 Å². The fraction of sp³-hybridized carbons (Fsp3) is 0.242. The monoisotopic (exact) mass is 597 g/mol. The van der Waals surface area contributed by atoms with Crippen molar-refractivity contribution in [2.75, 3.05) is 11.9 Å². The van der Waals surface area contributed by atoms with Gasteiger partial charge in [-0.3, -0.25) is 9.67 Å². The number of nitrogens with one attached hydrogen (secondary N) is 1. The maximum absolute atomic E-state index is 13.6. The first-order valence-electron chi connectivity index (χ1n) is 14.3. The minimum Gasteiger partial charge on any atom is -0.320 e. The zero-order valence-electron chi connectivity index (χ0n) is 24.3. The fourth-order valence-corrected chi connectivity index (χ4v) is 5.39. The van der Waals surface area contributed by atoms with E-state index in [1.165, 1.54) is 12.4 Å². The second-order valence-electron chi connectivity index (χ2n) is 10.8. The molecule has 4 heterocycles. The van der Waals surface area contributed by atoms with Gasteiger partial charge in [0.15, 0.2) is 5.82 Å². The molecule has 11 heteroatoms. The molecule has 0 saturated heterocycles. The Kier molecular flexibility index (Phi) is 7.86. The lowest BCUT2D eigenvalue weighted by molar-refractivity contribution is -0.142. The molecule has 0 aliphatic carbocycles. The number of aryl methyl sites for hydroxylation is 2. The molecule has 8 nitrogen and oxygen atoms in total. The number of alkyl halides is 3. The second-order valence-corrected chi connectivity index (χ2v) is 10.8. The number of amides is 2. The van der Waals surface area contributed by atoms with Crippen molar-refractivity contribution in [1.82, 2.24) is 29.6 Å². The molecule has 1 aliphatic heterocycles. The molecule has 5 aromatic rings. The molecule has 1 aliphatic rings. The van der Waals surface area contributed by atoms with Crippen LogP contribution in [-0.4, -0.2) is 48.4 Å². The molecule has 0 atom stereocenters. The third-order valence-corrected chi connectivity index (χ3v) is 7.63. The summed E-state index contributed by atoms with van der Waals surface area (Å²) in [6.07, 6.45) is 3.08. The third-order valence-electron chi connectivity index (χ3n) is 7.63. The number of aromatic nitrogens is 5. The zero-order chi connectivity index (χ0) is 30.8. The Morgan fingerprint density at radius 3 is 2.59 bits per heavy atom. The van der Waals surface area contributed by atoms with E-state index in [-0.39, 0.29) is 6.03 Å². The van der Waals surface area contributed by atoms with Gasteiger partial charge < -0.3 is 10.2 Å². The van der Waals surface area contributed by atoms with Gasteiger partial charge in [0.1, 0.15) is 6.54 Å². The van der Waals surface area contributed by atoms with Gasteiger partial charge in [-0.25, -0.2) is 14.8 Å². The first-order chi connectivity index (χ1) is 21.2. The SMILES string of the molecule is CCc1cc(NC(=O)N2CCc3nc(-c4cccnc4)nc(-c4ccccc4C)c3C2)cc(-c2cnn(CC(F)(F)F)c2)c1. The number of carbonyl (C=O) groups excluding carboxylic acids is 1. The van der Waals surface area contributed by atoms with Crippen LogP contribution in [-0.2, 0) is 25.9 Å². The number of fused-ring (bicyclic) bond motifs is 1. The summed E-state index contributed by atoms with van der Waals surface area (Å²) in [6.45, 7) is 3.62. The van der Waals surface area contributed by atoms with Crippen LogP contribution in [0.2, 0.25) is 0 Å². The Balaban J connectivity index is 1.28. The lowest BCUT2D eigenvalue weighted by Crippen LogP contribution is -2.39. The zero-order valence-corrected chi connectivity index (χ0v) is 24.3. The van der Waals surface area contributed by atoms with Gasteiger partial charge in [-0.1, -0.05) is 37.3 Å². The molecule has 0 saturated carbocycles. The van der Waals surface area contributed by atoms with Gasteiger partial charge in [-0.05, 0) is 54.3 Å². The molecule has 0 spiro atoms. The predicted octanol–water partition coefficient (Wildman–Crippen LogP) is 7.09. The third kappa shape index (κ3) is 6.31. The number of halogens is 3. The summed E-state index contributed by atoms with van der Waals surface area (Å²) in [5, 5.41) is 6.88. The molecule has 44 heavy (non-hydrogen) atoms. The molecule has 3 aromatic heterocycles. The summed E-state index contributed by atoms with van der Waals surface area (Å²) in [5.41, 5.74) is 8.15. The molecule has 0 radical (unpaired) electrons. The van der Waals surface area contributed by atoms with Crippen LogP contribution in [0.5, 0.6) is 0 Å². The summed E-state index contributed by atoms with van der Waals surface area (Å²) >= 11 is 0. The number of pyridine rings is 1. The normalized spacial score (nSPS) is 13.1. The number of benzene rings is 2. The summed E-state index contributed by atoms with van der Waals surface area (Å²) in [6, 6.07) is 17.0. The van der Waals surface area contributed by atoms with E-state index in [1.807, 2.05) is 62.4 Å². The number of anilines is 1. The Hall–Kier alpha value is -5.06. The van der Waals surface area contributed by atoms with Crippen molar-refractivity contribution in [2.45, 2.75) is 46.0 Å². The molecule has 1 N–H and O–H groups in total. The van der Waals surface area contributed by atoms with Crippen molar-refractivity contribution in [3.8, 4) is 33.8 Å². The van der Waals surface area contributed by atoms with Crippen LogP contribution in [0.1, 0.15) is 29.3 Å². The van der Waals surface area contributed by atoms with Gasteiger partial charge in [0, 0.05) is 59.5 Å². The van der Waals surface area contributed by atoms with Crippen LogP contribution < -0.4 is 5.32 Å². The first kappa shape index (κ1) is 29.0. The molecule has 6 rings (SSSR count). The highest BCUT2D eigenvalue weighted by Crippen LogP contribution is 2.33. The average Bonchev–Trinajstić information content (AvgIpc) is 3.48. The van der Waals surface area contributed by atoms with E-state index in [0.717, 1.165) is 43.9 Å². The van der Waals surface area contributed by atoms with E-state index in [2.05, 4.69) is 15.4 Å². The average molecular weight is 598 g/mol. The Morgan fingerprint density at radius 2 is 1.84 bits per heavy atom. The van der Waals surface area contributed by atoms with Crippen LogP contribution >= 0.6 is 0 Å². The van der Waals surface area contributed by atoms with Gasteiger partial charge in [0.25, 0.3) is 0 Å². The molecule has 0 unspecified atom stereocenters. The number of hydrogen-bond donors (Lipinski definition) is 1. The number of urea groups is 1. The van der Waals surface area contributed by atoms with Gasteiger partial charge in [0.2, 0.25) is 0 Å². The predicted molar refractivity (Wildman–Crippen MR) is 162 cm³/mol. The van der Waals surface area contributed by atoms with E-state index < -0.39 is 12.7 Å². The molecule has 2 aromatic carbocycles. The van der Waals surface area contributed by atoms with Crippen molar-refractivity contribution >= 4 is 11.7 Å². The van der Waals surface area contributed by atoms with Crippen molar-refractivity contribution in [3.05, 3.63) is 102 Å². The lowest BCUT2D eigenvalue weighted by Gasteiger charge is -2.30. The molecule has 2 amide bonds. The van der Waals surface area contributed by atoms with Crippen molar-refractivity contribution in [3.63, 3.8) is 0 Å². The Labute approximate surface area is 252 Å². The summed E-state index contributed by atoms with van der Waals surface area (Å²) in [4.78, 5) is 29.4. The maximum atomic E-state index is 13.6. The number of hydrogen-bond acceptors (Lipinski definition) is 5. The fourth-order valence-electron chi connectivity index (χ4n) is 5.39. The highest BCUT2D eigenvalue weighted by atomic mass is 19.4. The summed E-state index contributed by atoms with van der Waals surface area (Å²) < 4.78 is 39.5. The van der Waals surface area contributed by atoms with Gasteiger partial charge >= 0.3 is 12.2 Å². The van der Waals surface area contributed by atoms with E-state index in [9.17, 15) is 18.0 Å². The standard InChI is InChI=1S/C33H30F3N7O/c1-3-22-13-24(25-17-38-43(18-25)20-33(34,35)36)15-26(14-22)39-32(44)42-12-10-29-28(19-42)30(27-9-5-4-7-21(27)2)41-31(40-29)23-8-6-11-37-16-23/h4-9,11,13-18H,3,10,12,19-20H2,1-2H3,(H,39,44).